The van der Waals surface area contributed by atoms with Gasteiger partial charge in [0.1, 0.15) is 5.82 Å². The molecule has 5 rings (SSSR count). The van der Waals surface area contributed by atoms with Crippen molar-refractivity contribution >= 4 is 45.7 Å². The summed E-state index contributed by atoms with van der Waals surface area (Å²) in [6, 6.07) is 12.9. The lowest BCUT2D eigenvalue weighted by molar-refractivity contribution is -0.118. The van der Waals surface area contributed by atoms with Crippen LogP contribution in [0, 0.1) is 0 Å². The lowest BCUT2D eigenvalue weighted by Gasteiger charge is -2.25. The number of aromatic nitrogens is 2. The van der Waals surface area contributed by atoms with E-state index in [-0.39, 0.29) is 11.5 Å². The number of hydrogen-bond donors (Lipinski definition) is 1. The van der Waals surface area contributed by atoms with E-state index in [9.17, 15) is 9.59 Å². The third-order valence-corrected chi connectivity index (χ3v) is 6.03. The summed E-state index contributed by atoms with van der Waals surface area (Å²) in [5, 5.41) is 4.14. The van der Waals surface area contributed by atoms with Gasteiger partial charge in [-0.15, -0.1) is 0 Å². The van der Waals surface area contributed by atoms with E-state index >= 15 is 0 Å². The van der Waals surface area contributed by atoms with Crippen LogP contribution in [0.25, 0.3) is 22.6 Å². The van der Waals surface area contributed by atoms with Crippen LogP contribution in [0.3, 0.4) is 0 Å². The fraction of sp³-hybridized carbons (Fsp3) is 0.292. The molecule has 1 N–H and O–H groups in total. The highest BCUT2D eigenvalue weighted by Gasteiger charge is 2.21. The lowest BCUT2D eigenvalue weighted by atomic mass is 10.1. The predicted molar refractivity (Wildman–Crippen MR) is 126 cm³/mol. The number of fused-ring (bicyclic) bond motifs is 2. The van der Waals surface area contributed by atoms with Gasteiger partial charge in [0.15, 0.2) is 0 Å². The third kappa shape index (κ3) is 4.32. The Bertz CT molecular complexity index is 1280. The predicted octanol–water partition coefficient (Wildman–Crippen LogP) is 3.26. The van der Waals surface area contributed by atoms with E-state index in [4.69, 9.17) is 21.3 Å². The van der Waals surface area contributed by atoms with Gasteiger partial charge in [-0.05, 0) is 54.0 Å². The molecule has 3 heterocycles. The number of carbonyl (C=O) groups is 1. The molecule has 0 atom stereocenters. The smallest absolute Gasteiger partial charge is 0.261 e. The Hall–Kier alpha value is -3.00. The summed E-state index contributed by atoms with van der Waals surface area (Å²) < 4.78 is 7.04. The van der Waals surface area contributed by atoms with Crippen molar-refractivity contribution in [3.05, 3.63) is 69.2 Å². The van der Waals surface area contributed by atoms with Crippen LogP contribution in [0.2, 0.25) is 5.02 Å². The first kappa shape index (κ1) is 20.9. The molecule has 2 aromatic carbocycles. The van der Waals surface area contributed by atoms with Gasteiger partial charge < -0.3 is 10.1 Å². The Labute approximate surface area is 190 Å². The van der Waals surface area contributed by atoms with Gasteiger partial charge in [0.2, 0.25) is 5.91 Å². The molecule has 2 aliphatic rings. The van der Waals surface area contributed by atoms with E-state index in [2.05, 4.69) is 10.2 Å². The number of benzene rings is 2. The molecule has 1 saturated heterocycles. The monoisotopic (exact) mass is 450 g/mol. The van der Waals surface area contributed by atoms with Gasteiger partial charge >= 0.3 is 0 Å². The number of nitrogens with one attached hydrogen (secondary N) is 1. The molecule has 0 bridgehead atoms. The standard InChI is InChI=1S/C24H23ClN4O3/c25-18-3-1-2-16(13-18)12-17-6-7-29-23(17)27-21-14-19(4-5-20(21)24(29)31)26-22(30)15-28-8-10-32-11-9-28/h1-5,12-14H,6-11,15H2,(H,26,30). The number of nitrogens with zero attached hydrogens (tertiary/aromatic N) is 3. The van der Waals surface area contributed by atoms with Gasteiger partial charge in [0.25, 0.3) is 5.56 Å². The highest BCUT2D eigenvalue weighted by atomic mass is 35.5. The number of ether oxygens (including phenoxy) is 1. The molecule has 2 aliphatic heterocycles. The van der Waals surface area contributed by atoms with Crippen LogP contribution in [0.4, 0.5) is 5.69 Å². The molecule has 0 radical (unpaired) electrons. The highest BCUT2D eigenvalue weighted by Crippen LogP contribution is 2.28. The topological polar surface area (TPSA) is 76.5 Å². The maximum atomic E-state index is 13.0. The molecule has 0 saturated carbocycles. The van der Waals surface area contributed by atoms with E-state index in [1.54, 1.807) is 22.8 Å². The summed E-state index contributed by atoms with van der Waals surface area (Å²) >= 11 is 6.11. The minimum absolute atomic E-state index is 0.0642. The van der Waals surface area contributed by atoms with Crippen LogP contribution in [0.1, 0.15) is 17.8 Å². The minimum Gasteiger partial charge on any atom is -0.379 e. The van der Waals surface area contributed by atoms with Gasteiger partial charge in [-0.1, -0.05) is 23.7 Å². The maximum absolute atomic E-state index is 13.0. The SMILES string of the molecule is O=C(CN1CCOCC1)Nc1ccc2c(=O)n3c(nc2c1)C(=Cc1cccc(Cl)c1)CC3. The fourth-order valence-corrected chi connectivity index (χ4v) is 4.39. The van der Waals surface area contributed by atoms with E-state index < -0.39 is 0 Å². The first-order valence-electron chi connectivity index (χ1n) is 10.7. The van der Waals surface area contributed by atoms with Gasteiger partial charge in [-0.25, -0.2) is 4.98 Å². The molecule has 8 heteroatoms. The van der Waals surface area contributed by atoms with Gasteiger partial charge in [-0.2, -0.15) is 0 Å². The van der Waals surface area contributed by atoms with Crippen LogP contribution in [-0.2, 0) is 16.1 Å². The van der Waals surface area contributed by atoms with Gasteiger partial charge in [0.05, 0.1) is 30.7 Å². The minimum atomic E-state index is -0.0920. The van der Waals surface area contributed by atoms with Crippen molar-refractivity contribution in [1.29, 1.82) is 0 Å². The number of carbonyl (C=O) groups excluding carboxylic acids is 1. The molecular formula is C24H23ClN4O3. The van der Waals surface area contributed by atoms with Crippen molar-refractivity contribution in [3.8, 4) is 0 Å². The van der Waals surface area contributed by atoms with Crippen molar-refractivity contribution in [2.75, 3.05) is 38.2 Å². The van der Waals surface area contributed by atoms with Crippen molar-refractivity contribution in [1.82, 2.24) is 14.5 Å². The molecular weight excluding hydrogens is 428 g/mol. The van der Waals surface area contributed by atoms with Crippen molar-refractivity contribution in [2.45, 2.75) is 13.0 Å². The average Bonchev–Trinajstić information content (AvgIpc) is 3.17. The third-order valence-electron chi connectivity index (χ3n) is 5.79. The van der Waals surface area contributed by atoms with E-state index in [0.29, 0.717) is 53.7 Å². The largest absolute Gasteiger partial charge is 0.379 e. The summed E-state index contributed by atoms with van der Waals surface area (Å²) in [6.07, 6.45) is 2.76. The Kier molecular flexibility index (Phi) is 5.78. The molecule has 164 valence electrons. The maximum Gasteiger partial charge on any atom is 0.261 e. The molecule has 7 nitrogen and oxygen atoms in total. The molecule has 0 aliphatic carbocycles. The molecule has 32 heavy (non-hydrogen) atoms. The summed E-state index contributed by atoms with van der Waals surface area (Å²) in [6.45, 7) is 3.70. The molecule has 1 fully saturated rings. The zero-order chi connectivity index (χ0) is 22.1. The Balaban J connectivity index is 1.43. The second kappa shape index (κ2) is 8.86. The molecule has 1 amide bonds. The van der Waals surface area contributed by atoms with Gasteiger partial charge in [0, 0.05) is 30.3 Å². The van der Waals surface area contributed by atoms with Gasteiger partial charge in [-0.3, -0.25) is 19.1 Å². The lowest BCUT2D eigenvalue weighted by Crippen LogP contribution is -2.41. The first-order chi connectivity index (χ1) is 15.6. The van der Waals surface area contributed by atoms with Crippen LogP contribution in [0.15, 0.2) is 47.3 Å². The molecule has 0 spiro atoms. The zero-order valence-electron chi connectivity index (χ0n) is 17.5. The second-order valence-electron chi connectivity index (χ2n) is 8.04. The average molecular weight is 451 g/mol. The molecule has 3 aromatic rings. The number of hydrogen-bond acceptors (Lipinski definition) is 5. The van der Waals surface area contributed by atoms with E-state index in [1.165, 1.54) is 0 Å². The van der Waals surface area contributed by atoms with Crippen LogP contribution in [0.5, 0.6) is 0 Å². The number of anilines is 1. The number of allylic oxidation sites excluding steroid dienone is 1. The van der Waals surface area contributed by atoms with Crippen molar-refractivity contribution < 1.29 is 9.53 Å². The van der Waals surface area contributed by atoms with E-state index in [1.807, 2.05) is 30.3 Å². The quantitative estimate of drug-likeness (QED) is 0.660. The van der Waals surface area contributed by atoms with Crippen molar-refractivity contribution in [3.63, 3.8) is 0 Å². The fourth-order valence-electron chi connectivity index (χ4n) is 4.19. The Morgan fingerprint density at radius 3 is 2.81 bits per heavy atom. The normalized spacial score (nSPS) is 17.6. The Morgan fingerprint density at radius 1 is 1.16 bits per heavy atom. The van der Waals surface area contributed by atoms with Crippen LogP contribution >= 0.6 is 11.6 Å². The van der Waals surface area contributed by atoms with Crippen molar-refractivity contribution in [2.24, 2.45) is 0 Å². The van der Waals surface area contributed by atoms with Crippen LogP contribution < -0.4 is 10.9 Å². The summed E-state index contributed by atoms with van der Waals surface area (Å²) in [7, 11) is 0. The number of amides is 1. The summed E-state index contributed by atoms with van der Waals surface area (Å²) in [5.41, 5.74) is 3.11. The summed E-state index contributed by atoms with van der Waals surface area (Å²) in [5.74, 6) is 0.574. The molecule has 1 aromatic heterocycles. The number of morpholine rings is 1. The number of rotatable bonds is 4. The highest BCUT2D eigenvalue weighted by molar-refractivity contribution is 6.30. The molecule has 0 unspecified atom stereocenters. The van der Waals surface area contributed by atoms with Crippen LogP contribution in [-0.4, -0.2) is 53.2 Å². The zero-order valence-corrected chi connectivity index (χ0v) is 18.3. The van der Waals surface area contributed by atoms with E-state index in [0.717, 1.165) is 30.6 Å². The Morgan fingerprint density at radius 2 is 2.00 bits per heavy atom. The first-order valence-corrected chi connectivity index (χ1v) is 11.1. The summed E-state index contributed by atoms with van der Waals surface area (Å²) in [4.78, 5) is 32.3. The second-order valence-corrected chi connectivity index (χ2v) is 8.47. The number of halogens is 1.